The second-order valence-electron chi connectivity index (χ2n) is 17.0. The maximum Gasteiger partial charge on any atom is -0.00607 e. The van der Waals surface area contributed by atoms with Crippen LogP contribution in [0.5, 0.6) is 0 Å². The normalized spacial score (nSPS) is 29.2. The van der Waals surface area contributed by atoms with E-state index in [1.165, 1.54) is 24.3 Å². The Morgan fingerprint density at radius 2 is 1.25 bits per heavy atom. The smallest absolute Gasteiger partial charge is 0.00607 e. The van der Waals surface area contributed by atoms with Gasteiger partial charge >= 0.3 is 0 Å². The van der Waals surface area contributed by atoms with Gasteiger partial charge in [-0.3, -0.25) is 0 Å². The van der Waals surface area contributed by atoms with E-state index in [0.717, 1.165) is 26.3 Å². The second-order valence-corrected chi connectivity index (χ2v) is 22.9. The first-order valence-corrected chi connectivity index (χ1v) is 17.7. The molecule has 4 bridgehead atoms. The summed E-state index contributed by atoms with van der Waals surface area (Å²) in [5.41, 5.74) is 5.73. The predicted octanol–water partition coefficient (Wildman–Crippen LogP) is 11.1. The van der Waals surface area contributed by atoms with Gasteiger partial charge in [0.25, 0.3) is 0 Å². The molecule has 36 heavy (non-hydrogen) atoms. The van der Waals surface area contributed by atoms with Gasteiger partial charge in [-0.05, 0) is 118 Å². The fraction of sp³-hybridized carbons (Fsp3) is 0.824. The first kappa shape index (κ1) is 29.1. The van der Waals surface area contributed by atoms with Crippen LogP contribution in [0.3, 0.4) is 0 Å². The van der Waals surface area contributed by atoms with Crippen LogP contribution in [0, 0.1) is 23.2 Å². The first-order chi connectivity index (χ1) is 16.4. The molecule has 0 amide bonds. The van der Waals surface area contributed by atoms with Gasteiger partial charge in [0.2, 0.25) is 0 Å². The first-order valence-electron chi connectivity index (χ1n) is 15.0. The molecule has 0 N–H and O–H groups in total. The molecule has 0 aromatic heterocycles. The van der Waals surface area contributed by atoms with Gasteiger partial charge in [-0.25, -0.2) is 0 Å². The molecular weight excluding hydrogens is 470 g/mol. The van der Waals surface area contributed by atoms with Crippen molar-refractivity contribution in [3.63, 3.8) is 0 Å². The Kier molecular flexibility index (Phi) is 8.01. The van der Waals surface area contributed by atoms with E-state index < -0.39 is 0 Å². The molecule has 0 radical (unpaired) electrons. The second kappa shape index (κ2) is 9.92. The number of hydrogen-bond acceptors (Lipinski definition) is 0. The molecule has 1 unspecified atom stereocenters. The Morgan fingerprint density at radius 3 is 1.69 bits per heavy atom. The van der Waals surface area contributed by atoms with Gasteiger partial charge in [-0.2, -0.15) is 0 Å². The van der Waals surface area contributed by atoms with E-state index in [4.69, 9.17) is 0 Å². The van der Waals surface area contributed by atoms with E-state index in [9.17, 15) is 0 Å². The fourth-order valence-corrected chi connectivity index (χ4v) is 14.0. The van der Waals surface area contributed by atoms with E-state index in [-0.39, 0.29) is 13.3 Å². The van der Waals surface area contributed by atoms with Crippen LogP contribution >= 0.6 is 16.5 Å². The van der Waals surface area contributed by atoms with Crippen molar-refractivity contribution in [1.82, 2.24) is 0 Å². The number of benzene rings is 1. The number of hydrogen-bond donors (Lipinski definition) is 0. The summed E-state index contributed by atoms with van der Waals surface area (Å²) in [5, 5.41) is 1.19. The van der Waals surface area contributed by atoms with E-state index >= 15 is 0 Å². The molecule has 2 heteroatoms. The third kappa shape index (κ3) is 6.80. The Hall–Kier alpha value is 0.0800. The molecule has 4 fully saturated rings. The highest BCUT2D eigenvalue weighted by molar-refractivity contribution is 7.60. The summed E-state index contributed by atoms with van der Waals surface area (Å²) in [6.45, 7) is 27.2. The van der Waals surface area contributed by atoms with Crippen molar-refractivity contribution in [2.24, 2.45) is 23.2 Å². The average molecular weight is 529 g/mol. The van der Waals surface area contributed by atoms with Gasteiger partial charge in [-0.1, -0.05) is 102 Å². The highest BCUT2D eigenvalue weighted by Gasteiger charge is 2.52. The van der Waals surface area contributed by atoms with Crippen LogP contribution in [0.15, 0.2) is 18.2 Å². The maximum absolute atomic E-state index is 2.62. The number of rotatable bonds is 7. The highest BCUT2D eigenvalue weighted by atomic mass is 31.1. The van der Waals surface area contributed by atoms with Crippen LogP contribution in [0.2, 0.25) is 0 Å². The molecule has 1 aromatic rings. The molecule has 4 aliphatic carbocycles. The van der Waals surface area contributed by atoms with E-state index in [1.54, 1.807) is 49.7 Å². The van der Waals surface area contributed by atoms with Gasteiger partial charge in [-0.15, -0.1) is 8.58 Å². The molecule has 4 saturated carbocycles. The summed E-state index contributed by atoms with van der Waals surface area (Å²) in [5.74, 6) is 3.21. The Morgan fingerprint density at radius 1 is 0.750 bits per heavy atom. The van der Waals surface area contributed by atoms with E-state index in [0.29, 0.717) is 20.9 Å². The summed E-state index contributed by atoms with van der Waals surface area (Å²) < 4.78 is 0. The average Bonchev–Trinajstić information content (AvgIpc) is 2.66. The summed E-state index contributed by atoms with van der Waals surface area (Å²) >= 11 is 0. The quantitative estimate of drug-likeness (QED) is 0.309. The lowest BCUT2D eigenvalue weighted by molar-refractivity contribution is -0.0609. The van der Waals surface area contributed by atoms with Crippen molar-refractivity contribution in [2.45, 2.75) is 154 Å². The van der Waals surface area contributed by atoms with Crippen LogP contribution in [-0.2, 0) is 17.7 Å². The van der Waals surface area contributed by atoms with Crippen LogP contribution in [-0.4, -0.2) is 15.5 Å². The SMILES string of the molecule is CC(C)(CC12CC3CC(CC(C3)C1)C2)PCc1ccc(C(C)(C)C)cc1CP(C(C)(C)C)C(C)(C)C. The highest BCUT2D eigenvalue weighted by Crippen LogP contribution is 2.64. The van der Waals surface area contributed by atoms with Crippen LogP contribution in [0.25, 0.3) is 0 Å². The molecule has 0 spiro atoms. The van der Waals surface area contributed by atoms with Crippen molar-refractivity contribution in [3.8, 4) is 0 Å². The molecular formula is C34H58P2. The molecule has 1 aromatic carbocycles. The minimum atomic E-state index is -0.142. The van der Waals surface area contributed by atoms with Gasteiger partial charge in [0.15, 0.2) is 0 Å². The molecule has 0 aliphatic heterocycles. The zero-order valence-electron chi connectivity index (χ0n) is 25.8. The lowest BCUT2D eigenvalue weighted by Gasteiger charge is -2.58. The van der Waals surface area contributed by atoms with Gasteiger partial charge in [0, 0.05) is 0 Å². The standard InChI is InChI=1S/C34H58P2/c1-30(2,3)29-13-12-27(28(17-29)22-36(31(4,5)6)32(7,8)9)21-35-33(10,11)23-34-18-24-14-25(19-34)16-26(15-24)20-34/h12-13,17,24-26,35H,14-16,18-23H2,1-11H3. The van der Waals surface area contributed by atoms with Crippen molar-refractivity contribution < 1.29 is 0 Å². The van der Waals surface area contributed by atoms with Crippen LogP contribution in [0.1, 0.15) is 138 Å². The molecule has 204 valence electrons. The predicted molar refractivity (Wildman–Crippen MR) is 167 cm³/mol. The Bertz CT molecular complexity index is 869. The van der Waals surface area contributed by atoms with Crippen molar-refractivity contribution in [1.29, 1.82) is 0 Å². The fourth-order valence-electron chi connectivity index (χ4n) is 8.90. The third-order valence-corrected chi connectivity index (χ3v) is 15.3. The van der Waals surface area contributed by atoms with E-state index in [1.807, 2.05) is 0 Å². The summed E-state index contributed by atoms with van der Waals surface area (Å²) in [6, 6.07) is 7.59. The van der Waals surface area contributed by atoms with Crippen LogP contribution < -0.4 is 0 Å². The van der Waals surface area contributed by atoms with Crippen molar-refractivity contribution in [3.05, 3.63) is 34.9 Å². The lowest BCUT2D eigenvalue weighted by Crippen LogP contribution is -2.48. The van der Waals surface area contributed by atoms with Gasteiger partial charge in [0.05, 0.1) is 0 Å². The van der Waals surface area contributed by atoms with Gasteiger partial charge in [0.1, 0.15) is 0 Å². The maximum atomic E-state index is 2.62. The third-order valence-electron chi connectivity index (χ3n) is 9.76. The lowest BCUT2D eigenvalue weighted by atomic mass is 9.48. The zero-order chi connectivity index (χ0) is 26.7. The van der Waals surface area contributed by atoms with E-state index in [2.05, 4.69) is 94.4 Å². The summed E-state index contributed by atoms with van der Waals surface area (Å²) in [4.78, 5) is 0. The monoisotopic (exact) mass is 528 g/mol. The molecule has 4 aliphatic rings. The summed E-state index contributed by atoms with van der Waals surface area (Å²) in [6.07, 6.45) is 13.4. The minimum Gasteiger partial charge on any atom is -0.112 e. The molecule has 0 saturated heterocycles. The largest absolute Gasteiger partial charge is 0.112 e. The topological polar surface area (TPSA) is 0 Å². The minimum absolute atomic E-state index is 0.142. The van der Waals surface area contributed by atoms with Crippen molar-refractivity contribution >= 4 is 16.5 Å². The summed E-state index contributed by atoms with van der Waals surface area (Å²) in [7, 11) is 0.883. The molecule has 0 heterocycles. The molecule has 1 atom stereocenters. The van der Waals surface area contributed by atoms with Gasteiger partial charge < -0.3 is 0 Å². The molecule has 0 nitrogen and oxygen atoms in total. The molecule has 5 rings (SSSR count). The zero-order valence-corrected chi connectivity index (χ0v) is 27.7. The van der Waals surface area contributed by atoms with Crippen LogP contribution in [0.4, 0.5) is 0 Å². The van der Waals surface area contributed by atoms with Crippen molar-refractivity contribution in [2.75, 3.05) is 0 Å². The Balaban J connectivity index is 1.54. The Labute approximate surface area is 228 Å².